The van der Waals surface area contributed by atoms with Gasteiger partial charge in [0.1, 0.15) is 6.04 Å². The van der Waals surface area contributed by atoms with Crippen molar-refractivity contribution in [1.29, 1.82) is 0 Å². The Kier molecular flexibility index (Phi) is 5.17. The molecule has 1 aliphatic heterocycles. The smallest absolute Gasteiger partial charge is 0.325 e. The Hall–Kier alpha value is -1.18. The molecular formula is C9H17N3O4. The van der Waals surface area contributed by atoms with Crippen LogP contribution in [0.1, 0.15) is 12.8 Å². The zero-order valence-electron chi connectivity index (χ0n) is 9.02. The third-order valence-electron chi connectivity index (χ3n) is 2.28. The summed E-state index contributed by atoms with van der Waals surface area (Å²) in [6, 6.07) is -1.00. The molecule has 1 rings (SSSR count). The number of nitrogens with two attached hydrogens (primary N) is 1. The maximum absolute atomic E-state index is 11.3. The first-order valence-electron chi connectivity index (χ1n) is 5.24. The van der Waals surface area contributed by atoms with E-state index in [9.17, 15) is 9.59 Å². The lowest BCUT2D eigenvalue weighted by atomic mass is 10.2. The highest BCUT2D eigenvalue weighted by molar-refractivity contribution is 5.75. The third-order valence-corrected chi connectivity index (χ3v) is 2.28. The van der Waals surface area contributed by atoms with Crippen LogP contribution in [0.5, 0.6) is 0 Å². The average Bonchev–Trinajstić information content (AvgIpc) is 2.27. The van der Waals surface area contributed by atoms with Crippen molar-refractivity contribution in [2.24, 2.45) is 5.73 Å². The first kappa shape index (κ1) is 12.9. The van der Waals surface area contributed by atoms with Crippen LogP contribution < -0.4 is 11.1 Å². The van der Waals surface area contributed by atoms with Crippen molar-refractivity contribution >= 4 is 11.9 Å². The number of piperazine rings is 1. The van der Waals surface area contributed by atoms with E-state index in [-0.39, 0.29) is 12.8 Å². The summed E-state index contributed by atoms with van der Waals surface area (Å²) in [6.45, 7) is 2.86. The molecule has 92 valence electrons. The van der Waals surface area contributed by atoms with Gasteiger partial charge in [0.25, 0.3) is 0 Å². The molecule has 1 heterocycles. The molecule has 7 heteroatoms. The van der Waals surface area contributed by atoms with Crippen LogP contribution in [0.3, 0.4) is 0 Å². The molecule has 0 radical (unpaired) electrons. The van der Waals surface area contributed by atoms with E-state index >= 15 is 0 Å². The van der Waals surface area contributed by atoms with Crippen LogP contribution in [0.15, 0.2) is 0 Å². The fourth-order valence-electron chi connectivity index (χ4n) is 1.32. The Bertz CT molecular complexity index is 253. The van der Waals surface area contributed by atoms with E-state index in [0.717, 1.165) is 13.1 Å². The maximum atomic E-state index is 11.3. The second kappa shape index (κ2) is 6.41. The number of hydrogen-bond donors (Lipinski definition) is 3. The normalized spacial score (nSPS) is 19.1. The van der Waals surface area contributed by atoms with Gasteiger partial charge < -0.3 is 21.0 Å². The molecular weight excluding hydrogens is 214 g/mol. The van der Waals surface area contributed by atoms with Gasteiger partial charge in [-0.05, 0) is 6.42 Å². The Labute approximate surface area is 93.5 Å². The number of carbonyl (C=O) groups excluding carboxylic acids is 1. The van der Waals surface area contributed by atoms with Crippen molar-refractivity contribution in [2.45, 2.75) is 18.9 Å². The van der Waals surface area contributed by atoms with Crippen LogP contribution in [0.4, 0.5) is 0 Å². The van der Waals surface area contributed by atoms with E-state index in [1.807, 2.05) is 0 Å². The topological polar surface area (TPSA) is 105 Å². The highest BCUT2D eigenvalue weighted by Crippen LogP contribution is 2.01. The standard InChI is InChI=1S/C9H17N3O4/c10-7(9(14)15)1-2-8(13)16-12-5-3-11-4-6-12/h7,11H,1-6,10H2,(H,14,15)/t7-/m0/s1. The largest absolute Gasteiger partial charge is 0.480 e. The van der Waals surface area contributed by atoms with Gasteiger partial charge in [0, 0.05) is 32.6 Å². The Morgan fingerprint density at radius 3 is 2.62 bits per heavy atom. The summed E-state index contributed by atoms with van der Waals surface area (Å²) < 4.78 is 0. The van der Waals surface area contributed by atoms with E-state index in [4.69, 9.17) is 15.7 Å². The SMILES string of the molecule is N[C@@H](CCC(=O)ON1CCNCC1)C(=O)O. The van der Waals surface area contributed by atoms with Gasteiger partial charge in [-0.25, -0.2) is 0 Å². The van der Waals surface area contributed by atoms with Crippen LogP contribution in [0.25, 0.3) is 0 Å². The monoisotopic (exact) mass is 231 g/mol. The molecule has 16 heavy (non-hydrogen) atoms. The minimum atomic E-state index is -1.10. The molecule has 7 nitrogen and oxygen atoms in total. The predicted octanol–water partition coefficient (Wildman–Crippen LogP) is -1.46. The number of carboxylic acids is 1. The molecule has 1 atom stereocenters. The number of carboxylic acid groups (broad SMARTS) is 1. The first-order chi connectivity index (χ1) is 7.59. The van der Waals surface area contributed by atoms with Gasteiger partial charge in [0.2, 0.25) is 0 Å². The summed E-state index contributed by atoms with van der Waals surface area (Å²) in [5.74, 6) is -1.53. The van der Waals surface area contributed by atoms with Crippen LogP contribution >= 0.6 is 0 Å². The van der Waals surface area contributed by atoms with Crippen LogP contribution in [0.2, 0.25) is 0 Å². The lowest BCUT2D eigenvalue weighted by Gasteiger charge is -2.25. The van der Waals surface area contributed by atoms with E-state index in [1.54, 1.807) is 5.06 Å². The number of hydroxylamine groups is 2. The van der Waals surface area contributed by atoms with E-state index in [2.05, 4.69) is 5.32 Å². The lowest BCUT2D eigenvalue weighted by Crippen LogP contribution is -2.44. The fourth-order valence-corrected chi connectivity index (χ4v) is 1.32. The average molecular weight is 231 g/mol. The number of rotatable bonds is 5. The van der Waals surface area contributed by atoms with Crippen LogP contribution in [-0.4, -0.2) is 54.3 Å². The van der Waals surface area contributed by atoms with Gasteiger partial charge in [0.05, 0.1) is 0 Å². The van der Waals surface area contributed by atoms with Crippen molar-refractivity contribution in [3.05, 3.63) is 0 Å². The quantitative estimate of drug-likeness (QED) is 0.531. The second-order valence-corrected chi connectivity index (χ2v) is 3.63. The Balaban J connectivity index is 2.17. The van der Waals surface area contributed by atoms with Crippen molar-refractivity contribution in [1.82, 2.24) is 10.4 Å². The Morgan fingerprint density at radius 1 is 1.44 bits per heavy atom. The van der Waals surface area contributed by atoms with Gasteiger partial charge in [-0.15, -0.1) is 5.06 Å². The molecule has 0 bridgehead atoms. The third kappa shape index (κ3) is 4.56. The number of nitrogens with zero attached hydrogens (tertiary/aromatic N) is 1. The van der Waals surface area contributed by atoms with Crippen molar-refractivity contribution in [3.63, 3.8) is 0 Å². The number of aliphatic carboxylic acids is 1. The summed E-state index contributed by atoms with van der Waals surface area (Å²) in [5.41, 5.74) is 5.27. The second-order valence-electron chi connectivity index (χ2n) is 3.63. The van der Waals surface area contributed by atoms with Crippen LogP contribution in [0, 0.1) is 0 Å². The molecule has 0 unspecified atom stereocenters. The number of nitrogens with one attached hydrogen (secondary N) is 1. The van der Waals surface area contributed by atoms with Gasteiger partial charge >= 0.3 is 11.9 Å². The molecule has 0 aliphatic carbocycles. The lowest BCUT2D eigenvalue weighted by molar-refractivity contribution is -0.193. The molecule has 1 saturated heterocycles. The fraction of sp³-hybridized carbons (Fsp3) is 0.778. The van der Waals surface area contributed by atoms with Gasteiger partial charge in [0.15, 0.2) is 0 Å². The molecule has 1 aliphatic rings. The first-order valence-corrected chi connectivity index (χ1v) is 5.24. The summed E-state index contributed by atoms with van der Waals surface area (Å²) in [5, 5.41) is 13.2. The number of carbonyl (C=O) groups is 2. The zero-order chi connectivity index (χ0) is 12.0. The highest BCUT2D eigenvalue weighted by atomic mass is 16.7. The zero-order valence-corrected chi connectivity index (χ0v) is 9.02. The van der Waals surface area contributed by atoms with E-state index in [0.29, 0.717) is 13.1 Å². The highest BCUT2D eigenvalue weighted by Gasteiger charge is 2.17. The molecule has 1 fully saturated rings. The summed E-state index contributed by atoms with van der Waals surface area (Å²) in [7, 11) is 0. The molecule has 0 aromatic heterocycles. The van der Waals surface area contributed by atoms with Crippen LogP contribution in [-0.2, 0) is 14.4 Å². The summed E-state index contributed by atoms with van der Waals surface area (Å²) in [6.07, 6.45) is 0.123. The van der Waals surface area contributed by atoms with Crippen molar-refractivity contribution in [3.8, 4) is 0 Å². The molecule has 0 spiro atoms. The van der Waals surface area contributed by atoms with Gasteiger partial charge in [-0.1, -0.05) is 0 Å². The predicted molar refractivity (Wildman–Crippen MR) is 55.4 cm³/mol. The molecule has 0 amide bonds. The van der Waals surface area contributed by atoms with E-state index in [1.165, 1.54) is 0 Å². The summed E-state index contributed by atoms with van der Waals surface area (Å²) in [4.78, 5) is 26.7. The minimum absolute atomic E-state index is 0.0252. The van der Waals surface area contributed by atoms with Gasteiger partial charge in [-0.2, -0.15) is 0 Å². The molecule has 0 saturated carbocycles. The minimum Gasteiger partial charge on any atom is -0.480 e. The molecule has 0 aromatic carbocycles. The molecule has 0 aromatic rings. The molecule has 4 N–H and O–H groups in total. The van der Waals surface area contributed by atoms with Crippen molar-refractivity contribution < 1.29 is 19.5 Å². The van der Waals surface area contributed by atoms with Gasteiger partial charge in [-0.3, -0.25) is 9.59 Å². The maximum Gasteiger partial charge on any atom is 0.325 e. The Morgan fingerprint density at radius 2 is 2.06 bits per heavy atom. The number of hydrogen-bond acceptors (Lipinski definition) is 6. The summed E-state index contributed by atoms with van der Waals surface area (Å²) >= 11 is 0. The van der Waals surface area contributed by atoms with E-state index < -0.39 is 18.0 Å². The van der Waals surface area contributed by atoms with Crippen molar-refractivity contribution in [2.75, 3.05) is 26.2 Å².